The van der Waals surface area contributed by atoms with Crippen molar-refractivity contribution in [2.24, 2.45) is 0 Å². The highest BCUT2D eigenvalue weighted by molar-refractivity contribution is 5.79. The largest absolute Gasteiger partial charge is 0.322 e. The van der Waals surface area contributed by atoms with E-state index in [1.54, 1.807) is 0 Å². The third-order valence-electron chi connectivity index (χ3n) is 7.12. The predicted octanol–water partition coefficient (Wildman–Crippen LogP) is 5.26. The Balaban J connectivity index is 1.44. The highest BCUT2D eigenvalue weighted by Crippen LogP contribution is 2.25. The molecule has 0 spiro atoms. The van der Waals surface area contributed by atoms with Crippen molar-refractivity contribution in [1.82, 2.24) is 30.1 Å². The third kappa shape index (κ3) is 6.06. The number of benzene rings is 3. The molecule has 7 nitrogen and oxygen atoms in total. The summed E-state index contributed by atoms with van der Waals surface area (Å²) < 4.78 is 1.92. The van der Waals surface area contributed by atoms with Gasteiger partial charge in [0.15, 0.2) is 5.82 Å². The van der Waals surface area contributed by atoms with Crippen LogP contribution in [0.2, 0.25) is 0 Å². The normalized spacial score (nSPS) is 12.3. The van der Waals surface area contributed by atoms with Gasteiger partial charge in [0.1, 0.15) is 0 Å². The molecule has 1 N–H and O–H groups in total. The molecule has 3 aromatic carbocycles. The number of tetrazole rings is 1. The second kappa shape index (κ2) is 12.0. The summed E-state index contributed by atoms with van der Waals surface area (Å²) in [6.07, 6.45) is 2.54. The summed E-state index contributed by atoms with van der Waals surface area (Å²) in [7, 11) is 0. The van der Waals surface area contributed by atoms with Crippen LogP contribution in [0.4, 0.5) is 0 Å². The van der Waals surface area contributed by atoms with Gasteiger partial charge in [-0.3, -0.25) is 9.69 Å². The van der Waals surface area contributed by atoms with Crippen molar-refractivity contribution in [3.63, 3.8) is 0 Å². The summed E-state index contributed by atoms with van der Waals surface area (Å²) >= 11 is 0. The number of H-pyrrole nitrogens is 1. The molecule has 0 aliphatic rings. The van der Waals surface area contributed by atoms with E-state index in [0.29, 0.717) is 13.1 Å². The second-order valence-corrected chi connectivity index (χ2v) is 9.84. The van der Waals surface area contributed by atoms with Gasteiger partial charge >= 0.3 is 0 Å². The minimum atomic E-state index is -0.0513. The van der Waals surface area contributed by atoms with Gasteiger partial charge in [-0.15, -0.1) is 5.10 Å². The van der Waals surface area contributed by atoms with Gasteiger partial charge in [0, 0.05) is 30.7 Å². The fourth-order valence-corrected chi connectivity index (χ4v) is 5.06. The van der Waals surface area contributed by atoms with Gasteiger partial charge in [-0.2, -0.15) is 0 Å². The van der Waals surface area contributed by atoms with Crippen LogP contribution < -0.4 is 5.56 Å². The summed E-state index contributed by atoms with van der Waals surface area (Å²) in [5.41, 5.74) is 5.24. The molecule has 5 rings (SSSR count). The number of nitrogens with one attached hydrogen (secondary N) is 1. The van der Waals surface area contributed by atoms with E-state index in [4.69, 9.17) is 0 Å². The highest BCUT2D eigenvalue weighted by Gasteiger charge is 2.25. The maximum Gasteiger partial charge on any atom is 0.252 e. The summed E-state index contributed by atoms with van der Waals surface area (Å²) in [6.45, 7) is 6.21. The first-order valence-corrected chi connectivity index (χ1v) is 13.3. The molecule has 0 bridgehead atoms. The molecule has 0 saturated carbocycles. The minimum absolute atomic E-state index is 0.0305. The van der Waals surface area contributed by atoms with Crippen LogP contribution in [0, 0.1) is 6.92 Å². The van der Waals surface area contributed by atoms with Crippen LogP contribution in [-0.4, -0.2) is 36.6 Å². The first-order valence-electron chi connectivity index (χ1n) is 13.3. The standard InChI is InChI=1S/C31H34N6O/c1-3-29(30-33-34-35-37(30)19-17-25-12-8-5-9-13-25)36(18-16-24-10-6-4-7-11-24)22-27-21-26-20-23(2)14-15-28(26)32-31(27)38/h4-15,20-21,29H,3,16-19,22H2,1-2H3,(H,32,38)/t29-/m0/s1. The lowest BCUT2D eigenvalue weighted by molar-refractivity contribution is 0.171. The van der Waals surface area contributed by atoms with Crippen LogP contribution in [0.3, 0.4) is 0 Å². The van der Waals surface area contributed by atoms with Crippen LogP contribution in [0.5, 0.6) is 0 Å². The number of hydrogen-bond donors (Lipinski definition) is 1. The molecule has 2 heterocycles. The molecule has 0 aliphatic heterocycles. The van der Waals surface area contributed by atoms with E-state index in [2.05, 4.69) is 93.9 Å². The van der Waals surface area contributed by atoms with Crippen molar-refractivity contribution in [2.75, 3.05) is 6.54 Å². The quantitative estimate of drug-likeness (QED) is 0.264. The zero-order valence-electron chi connectivity index (χ0n) is 22.0. The first-order chi connectivity index (χ1) is 18.6. The van der Waals surface area contributed by atoms with Crippen molar-refractivity contribution in [3.05, 3.63) is 123 Å². The Kier molecular flexibility index (Phi) is 8.04. The van der Waals surface area contributed by atoms with E-state index in [0.717, 1.165) is 48.1 Å². The SMILES string of the molecule is CC[C@@H](c1nnnn1CCc1ccccc1)N(CCc1ccccc1)Cc1cc2cc(C)ccc2[nH]c1=O. The van der Waals surface area contributed by atoms with E-state index in [9.17, 15) is 4.79 Å². The van der Waals surface area contributed by atoms with E-state index in [1.165, 1.54) is 16.7 Å². The van der Waals surface area contributed by atoms with Crippen LogP contribution in [0.15, 0.2) is 89.7 Å². The molecular formula is C31H34N6O. The lowest BCUT2D eigenvalue weighted by Crippen LogP contribution is -2.34. The zero-order valence-corrected chi connectivity index (χ0v) is 22.0. The highest BCUT2D eigenvalue weighted by atomic mass is 16.1. The Morgan fingerprint density at radius 3 is 2.34 bits per heavy atom. The minimum Gasteiger partial charge on any atom is -0.322 e. The molecule has 5 aromatic rings. The number of pyridine rings is 1. The average molecular weight is 507 g/mol. The molecule has 0 aliphatic carbocycles. The molecule has 7 heteroatoms. The van der Waals surface area contributed by atoms with Gasteiger partial charge < -0.3 is 4.98 Å². The first kappa shape index (κ1) is 25.5. The Labute approximate surface area is 223 Å². The van der Waals surface area contributed by atoms with Gasteiger partial charge in [0.25, 0.3) is 5.56 Å². The molecule has 38 heavy (non-hydrogen) atoms. The summed E-state index contributed by atoms with van der Waals surface area (Å²) in [4.78, 5) is 18.6. The van der Waals surface area contributed by atoms with E-state index < -0.39 is 0 Å². The number of fused-ring (bicyclic) bond motifs is 1. The van der Waals surface area contributed by atoms with Gasteiger partial charge in [0.2, 0.25) is 0 Å². The maximum absolute atomic E-state index is 13.1. The fourth-order valence-electron chi connectivity index (χ4n) is 5.06. The van der Waals surface area contributed by atoms with E-state index >= 15 is 0 Å². The molecular weight excluding hydrogens is 472 g/mol. The van der Waals surface area contributed by atoms with Gasteiger partial charge in [0.05, 0.1) is 6.04 Å². The van der Waals surface area contributed by atoms with Gasteiger partial charge in [-0.05, 0) is 71.3 Å². The second-order valence-electron chi connectivity index (χ2n) is 9.84. The van der Waals surface area contributed by atoms with Crippen molar-refractivity contribution in [3.8, 4) is 0 Å². The lowest BCUT2D eigenvalue weighted by atomic mass is 10.1. The molecule has 0 radical (unpaired) electrons. The Morgan fingerprint density at radius 2 is 1.63 bits per heavy atom. The van der Waals surface area contributed by atoms with Crippen LogP contribution in [0.1, 0.15) is 47.5 Å². The molecule has 0 saturated heterocycles. The van der Waals surface area contributed by atoms with Gasteiger partial charge in [-0.1, -0.05) is 79.2 Å². The van der Waals surface area contributed by atoms with Crippen molar-refractivity contribution < 1.29 is 0 Å². The monoisotopic (exact) mass is 506 g/mol. The van der Waals surface area contributed by atoms with Crippen LogP contribution >= 0.6 is 0 Å². The Morgan fingerprint density at radius 1 is 0.921 bits per heavy atom. The van der Waals surface area contributed by atoms with E-state index in [-0.39, 0.29) is 11.6 Å². The summed E-state index contributed by atoms with van der Waals surface area (Å²) in [6, 6.07) is 29.0. The number of hydrogen-bond acceptors (Lipinski definition) is 5. The summed E-state index contributed by atoms with van der Waals surface area (Å²) in [5, 5.41) is 13.9. The number of rotatable bonds is 11. The molecule has 0 amide bonds. The lowest BCUT2D eigenvalue weighted by Gasteiger charge is -2.30. The molecule has 1 atom stereocenters. The Hall–Kier alpha value is -4.10. The molecule has 2 aromatic heterocycles. The number of aromatic nitrogens is 5. The zero-order chi connectivity index (χ0) is 26.3. The van der Waals surface area contributed by atoms with Crippen molar-refractivity contribution >= 4 is 10.9 Å². The van der Waals surface area contributed by atoms with Gasteiger partial charge in [-0.25, -0.2) is 4.68 Å². The fraction of sp³-hybridized carbons (Fsp3) is 0.290. The maximum atomic E-state index is 13.1. The van der Waals surface area contributed by atoms with Crippen molar-refractivity contribution in [1.29, 1.82) is 0 Å². The van der Waals surface area contributed by atoms with Crippen LogP contribution in [0.25, 0.3) is 10.9 Å². The predicted molar refractivity (Wildman–Crippen MR) is 151 cm³/mol. The molecule has 194 valence electrons. The van der Waals surface area contributed by atoms with Crippen molar-refractivity contribution in [2.45, 2.75) is 52.2 Å². The molecule has 0 unspecified atom stereocenters. The number of nitrogens with zero attached hydrogens (tertiary/aromatic N) is 5. The summed E-state index contributed by atoms with van der Waals surface area (Å²) in [5.74, 6) is 0.838. The van der Waals surface area contributed by atoms with Crippen LogP contribution in [-0.2, 0) is 25.9 Å². The Bertz CT molecular complexity index is 1530. The smallest absolute Gasteiger partial charge is 0.252 e. The third-order valence-corrected chi connectivity index (χ3v) is 7.12. The number of aryl methyl sites for hydroxylation is 3. The number of aromatic amines is 1. The molecule has 0 fully saturated rings. The van der Waals surface area contributed by atoms with E-state index in [1.807, 2.05) is 35.0 Å². The topological polar surface area (TPSA) is 79.7 Å². The average Bonchev–Trinajstić information content (AvgIpc) is 3.41.